The quantitative estimate of drug-likeness (QED) is 0.859. The number of sulfone groups is 1. The van der Waals surface area contributed by atoms with Gasteiger partial charge in [0.2, 0.25) is 0 Å². The number of urea groups is 1. The Hall–Kier alpha value is -2.75. The maximum absolute atomic E-state index is 13.8. The lowest BCUT2D eigenvalue weighted by Gasteiger charge is -2.35. The molecule has 1 aromatic heterocycles. The van der Waals surface area contributed by atoms with Gasteiger partial charge in [0.05, 0.1) is 0 Å². The van der Waals surface area contributed by atoms with Gasteiger partial charge in [-0.05, 0) is 30.3 Å². The molecule has 0 spiro atoms. The Bertz CT molecular complexity index is 960. The van der Waals surface area contributed by atoms with Crippen LogP contribution in [0, 0.1) is 11.6 Å². The van der Waals surface area contributed by atoms with Gasteiger partial charge in [0.1, 0.15) is 10.7 Å². The van der Waals surface area contributed by atoms with E-state index in [9.17, 15) is 22.0 Å². The first-order valence-electron chi connectivity index (χ1n) is 8.17. The van der Waals surface area contributed by atoms with Gasteiger partial charge < -0.3 is 15.1 Å². The molecule has 1 aromatic carbocycles. The summed E-state index contributed by atoms with van der Waals surface area (Å²) >= 11 is 0. The number of carbonyl (C=O) groups is 1. The van der Waals surface area contributed by atoms with Crippen LogP contribution in [0.4, 0.5) is 25.1 Å². The minimum Gasteiger partial charge on any atom is -0.351 e. The van der Waals surface area contributed by atoms with Gasteiger partial charge in [-0.25, -0.2) is 27.0 Å². The summed E-state index contributed by atoms with van der Waals surface area (Å²) < 4.78 is 50.6. The Kier molecular flexibility index (Phi) is 5.26. The van der Waals surface area contributed by atoms with Gasteiger partial charge >= 0.3 is 6.03 Å². The van der Waals surface area contributed by atoms with E-state index in [2.05, 4.69) is 10.3 Å². The Morgan fingerprint density at radius 3 is 2.44 bits per heavy atom. The van der Waals surface area contributed by atoms with Crippen LogP contribution in [0.25, 0.3) is 0 Å². The van der Waals surface area contributed by atoms with E-state index in [1.54, 1.807) is 4.90 Å². The number of nitrogens with zero attached hydrogens (tertiary/aromatic N) is 3. The van der Waals surface area contributed by atoms with Crippen molar-refractivity contribution in [3.8, 4) is 0 Å². The average Bonchev–Trinajstić information content (AvgIpc) is 2.63. The van der Waals surface area contributed by atoms with Crippen molar-refractivity contribution in [3.05, 3.63) is 48.2 Å². The Balaban J connectivity index is 1.64. The monoisotopic (exact) mass is 396 g/mol. The van der Waals surface area contributed by atoms with Crippen LogP contribution in [0.3, 0.4) is 0 Å². The predicted molar refractivity (Wildman–Crippen MR) is 96.5 cm³/mol. The molecule has 1 N–H and O–H groups in total. The lowest BCUT2D eigenvalue weighted by atomic mass is 10.3. The summed E-state index contributed by atoms with van der Waals surface area (Å²) in [5, 5.41) is 2.56. The number of amides is 2. The molecule has 1 aliphatic rings. The van der Waals surface area contributed by atoms with Crippen molar-refractivity contribution < 1.29 is 22.0 Å². The molecular weight excluding hydrogens is 378 g/mol. The second-order valence-electron chi connectivity index (χ2n) is 6.13. The van der Waals surface area contributed by atoms with Crippen LogP contribution in [-0.2, 0) is 9.84 Å². The third kappa shape index (κ3) is 4.33. The molecule has 0 atom stereocenters. The fourth-order valence-corrected chi connectivity index (χ4v) is 3.56. The zero-order valence-electron chi connectivity index (χ0n) is 14.5. The fourth-order valence-electron chi connectivity index (χ4n) is 2.80. The first-order chi connectivity index (χ1) is 12.8. The number of aromatic nitrogens is 1. The molecular formula is C17H18F2N4O3S. The smallest absolute Gasteiger partial charge is 0.321 e. The van der Waals surface area contributed by atoms with Gasteiger partial charge in [-0.2, -0.15) is 0 Å². The number of nitrogens with one attached hydrogen (secondary N) is 1. The zero-order chi connectivity index (χ0) is 19.6. The zero-order valence-corrected chi connectivity index (χ0v) is 15.3. The van der Waals surface area contributed by atoms with E-state index in [0.29, 0.717) is 26.2 Å². The minimum absolute atomic E-state index is 0.181. The van der Waals surface area contributed by atoms with Crippen LogP contribution in [0.5, 0.6) is 0 Å². The summed E-state index contributed by atoms with van der Waals surface area (Å²) in [6, 6.07) is 5.77. The number of rotatable bonds is 3. The van der Waals surface area contributed by atoms with E-state index in [0.717, 1.165) is 18.4 Å². The number of piperazine rings is 1. The Morgan fingerprint density at radius 2 is 1.81 bits per heavy atom. The van der Waals surface area contributed by atoms with Gasteiger partial charge in [-0.3, -0.25) is 0 Å². The second kappa shape index (κ2) is 7.47. The van der Waals surface area contributed by atoms with E-state index in [1.165, 1.54) is 29.3 Å². The predicted octanol–water partition coefficient (Wildman–Crippen LogP) is 2.12. The average molecular weight is 396 g/mol. The number of anilines is 2. The van der Waals surface area contributed by atoms with Crippen LogP contribution in [0.2, 0.25) is 0 Å². The molecule has 1 saturated heterocycles. The second-order valence-corrected chi connectivity index (χ2v) is 8.11. The maximum atomic E-state index is 13.8. The molecule has 0 radical (unpaired) electrons. The highest BCUT2D eigenvalue weighted by atomic mass is 32.2. The van der Waals surface area contributed by atoms with Crippen molar-refractivity contribution >= 4 is 27.4 Å². The van der Waals surface area contributed by atoms with Gasteiger partial charge in [-0.1, -0.05) is 0 Å². The minimum atomic E-state index is -3.75. The first-order valence-corrected chi connectivity index (χ1v) is 10.1. The van der Waals surface area contributed by atoms with Crippen LogP contribution < -0.4 is 10.2 Å². The lowest BCUT2D eigenvalue weighted by Crippen LogP contribution is -2.50. The van der Waals surface area contributed by atoms with Crippen LogP contribution >= 0.6 is 0 Å². The van der Waals surface area contributed by atoms with E-state index >= 15 is 0 Å². The molecule has 2 amide bonds. The summed E-state index contributed by atoms with van der Waals surface area (Å²) in [6.07, 6.45) is 2.40. The van der Waals surface area contributed by atoms with E-state index in [4.69, 9.17) is 0 Å². The standard InChI is InChI=1S/C17H18F2N4O3S/c1-27(25,26)15-11-12(4-5-13(15)18)21-17(24)23-9-7-22(8-10-23)16-14(19)3-2-6-20-16/h2-6,11H,7-10H2,1H3,(H,21,24). The lowest BCUT2D eigenvalue weighted by molar-refractivity contribution is 0.208. The molecule has 27 heavy (non-hydrogen) atoms. The molecule has 0 saturated carbocycles. The molecule has 1 aliphatic heterocycles. The van der Waals surface area contributed by atoms with E-state index in [1.807, 2.05) is 0 Å². The van der Waals surface area contributed by atoms with Gasteiger partial charge in [0.15, 0.2) is 21.5 Å². The maximum Gasteiger partial charge on any atom is 0.321 e. The number of hydrogen-bond donors (Lipinski definition) is 1. The van der Waals surface area contributed by atoms with Crippen molar-refractivity contribution in [3.63, 3.8) is 0 Å². The largest absolute Gasteiger partial charge is 0.351 e. The third-order valence-electron chi connectivity index (χ3n) is 4.19. The van der Waals surface area contributed by atoms with Gasteiger partial charge in [-0.15, -0.1) is 0 Å². The summed E-state index contributed by atoms with van der Waals surface area (Å²) in [5.74, 6) is -1.05. The number of hydrogen-bond acceptors (Lipinski definition) is 5. The number of carbonyl (C=O) groups excluding carboxylic acids is 1. The van der Waals surface area contributed by atoms with Crippen LogP contribution in [-0.4, -0.2) is 56.8 Å². The number of benzene rings is 1. The molecule has 7 nitrogen and oxygen atoms in total. The molecule has 3 rings (SSSR count). The number of pyridine rings is 1. The third-order valence-corrected chi connectivity index (χ3v) is 5.30. The van der Waals surface area contributed by atoms with E-state index in [-0.39, 0.29) is 11.5 Å². The summed E-state index contributed by atoms with van der Waals surface area (Å²) in [6.45, 7) is 1.47. The molecule has 0 bridgehead atoms. The number of halogens is 2. The van der Waals surface area contributed by atoms with Crippen molar-refractivity contribution in [2.24, 2.45) is 0 Å². The molecule has 144 valence electrons. The van der Waals surface area contributed by atoms with Crippen molar-refractivity contribution in [1.82, 2.24) is 9.88 Å². The molecule has 2 aromatic rings. The first kappa shape index (κ1) is 19.0. The van der Waals surface area contributed by atoms with Crippen molar-refractivity contribution in [2.45, 2.75) is 4.90 Å². The fraction of sp³-hybridized carbons (Fsp3) is 0.294. The van der Waals surface area contributed by atoms with Crippen molar-refractivity contribution in [2.75, 3.05) is 42.7 Å². The Labute approximate surface area is 155 Å². The Morgan fingerprint density at radius 1 is 1.11 bits per heavy atom. The highest BCUT2D eigenvalue weighted by Crippen LogP contribution is 2.21. The highest BCUT2D eigenvalue weighted by Gasteiger charge is 2.24. The summed E-state index contributed by atoms with van der Waals surface area (Å²) in [7, 11) is -3.75. The van der Waals surface area contributed by atoms with Crippen molar-refractivity contribution in [1.29, 1.82) is 0 Å². The topological polar surface area (TPSA) is 82.6 Å². The molecule has 2 heterocycles. The van der Waals surface area contributed by atoms with Gasteiger partial charge in [0, 0.05) is 44.3 Å². The normalized spacial score (nSPS) is 14.9. The molecule has 1 fully saturated rings. The molecule has 10 heteroatoms. The summed E-state index contributed by atoms with van der Waals surface area (Å²) in [5.41, 5.74) is 0.181. The SMILES string of the molecule is CS(=O)(=O)c1cc(NC(=O)N2CCN(c3ncccc3F)CC2)ccc1F. The van der Waals surface area contributed by atoms with Crippen LogP contribution in [0.1, 0.15) is 0 Å². The van der Waals surface area contributed by atoms with Gasteiger partial charge in [0.25, 0.3) is 0 Å². The van der Waals surface area contributed by atoms with E-state index < -0.39 is 32.4 Å². The molecule has 0 aliphatic carbocycles. The van der Waals surface area contributed by atoms with Crippen LogP contribution in [0.15, 0.2) is 41.4 Å². The molecule has 0 unspecified atom stereocenters. The summed E-state index contributed by atoms with van der Waals surface area (Å²) in [4.78, 5) is 19.2. The highest BCUT2D eigenvalue weighted by molar-refractivity contribution is 7.90.